The second-order valence-corrected chi connectivity index (χ2v) is 5.20. The molecule has 0 atom stereocenters. The van der Waals surface area contributed by atoms with E-state index >= 15 is 0 Å². The summed E-state index contributed by atoms with van der Waals surface area (Å²) in [7, 11) is 0. The summed E-state index contributed by atoms with van der Waals surface area (Å²) in [5.41, 5.74) is 0. The standard InChI is InChI=1S/C12H16Cl4O4/c13-5-1-3-7-19-11(17)9(15)10(16)12(18)20-8-4-2-6-14/h1-8H2. The van der Waals surface area contributed by atoms with Gasteiger partial charge in [-0.1, -0.05) is 23.2 Å². The molecule has 0 fully saturated rings. The van der Waals surface area contributed by atoms with E-state index in [2.05, 4.69) is 0 Å². The first-order valence-corrected chi connectivity index (χ1v) is 7.88. The van der Waals surface area contributed by atoms with E-state index in [1.807, 2.05) is 0 Å². The minimum atomic E-state index is -0.857. The van der Waals surface area contributed by atoms with Crippen LogP contribution in [0.15, 0.2) is 10.1 Å². The molecule has 0 aromatic carbocycles. The Balaban J connectivity index is 4.19. The van der Waals surface area contributed by atoms with Gasteiger partial charge in [0.1, 0.15) is 0 Å². The normalized spacial score (nSPS) is 11.8. The summed E-state index contributed by atoms with van der Waals surface area (Å²) in [5, 5.41) is -0.972. The number of esters is 2. The molecule has 116 valence electrons. The molecule has 0 unspecified atom stereocenters. The molecule has 0 aliphatic carbocycles. The Morgan fingerprint density at radius 3 is 1.35 bits per heavy atom. The van der Waals surface area contributed by atoms with Gasteiger partial charge >= 0.3 is 11.9 Å². The molecule has 4 nitrogen and oxygen atoms in total. The van der Waals surface area contributed by atoms with E-state index in [1.165, 1.54) is 0 Å². The summed E-state index contributed by atoms with van der Waals surface area (Å²) in [6, 6.07) is 0. The van der Waals surface area contributed by atoms with Gasteiger partial charge < -0.3 is 9.47 Å². The molecule has 0 aromatic heterocycles. The van der Waals surface area contributed by atoms with Crippen LogP contribution in [0.1, 0.15) is 25.7 Å². The van der Waals surface area contributed by atoms with Crippen LogP contribution in [0.5, 0.6) is 0 Å². The molecular weight excluding hydrogens is 350 g/mol. The Kier molecular flexibility index (Phi) is 12.5. The van der Waals surface area contributed by atoms with Gasteiger partial charge in [0, 0.05) is 11.8 Å². The van der Waals surface area contributed by atoms with Crippen LogP contribution in [0.2, 0.25) is 0 Å². The molecule has 0 aliphatic rings. The highest BCUT2D eigenvalue weighted by Gasteiger charge is 2.20. The topological polar surface area (TPSA) is 52.6 Å². The van der Waals surface area contributed by atoms with Gasteiger partial charge in [-0.05, 0) is 25.7 Å². The number of carbonyl (C=O) groups is 2. The summed E-state index contributed by atoms with van der Waals surface area (Å²) < 4.78 is 9.65. The van der Waals surface area contributed by atoms with Gasteiger partial charge in [-0.2, -0.15) is 0 Å². The smallest absolute Gasteiger partial charge is 0.351 e. The van der Waals surface area contributed by atoms with Crippen LogP contribution in [-0.2, 0) is 19.1 Å². The molecule has 0 saturated carbocycles. The van der Waals surface area contributed by atoms with Gasteiger partial charge in [-0.15, -0.1) is 23.2 Å². The molecule has 8 heteroatoms. The first-order valence-electron chi connectivity index (χ1n) is 6.06. The number of hydrogen-bond donors (Lipinski definition) is 0. The molecule has 0 heterocycles. The van der Waals surface area contributed by atoms with E-state index in [0.29, 0.717) is 37.4 Å². The summed E-state index contributed by atoms with van der Waals surface area (Å²) >= 11 is 22.3. The van der Waals surface area contributed by atoms with Gasteiger partial charge in [-0.25, -0.2) is 9.59 Å². The lowest BCUT2D eigenvalue weighted by Crippen LogP contribution is -2.12. The van der Waals surface area contributed by atoms with Gasteiger partial charge in [0.25, 0.3) is 0 Å². The number of alkyl halides is 2. The third kappa shape index (κ3) is 8.90. The predicted molar refractivity (Wildman–Crippen MR) is 80.6 cm³/mol. The molecule has 0 spiro atoms. The maximum Gasteiger partial charge on any atom is 0.351 e. The zero-order valence-electron chi connectivity index (χ0n) is 10.8. The molecule has 0 bridgehead atoms. The van der Waals surface area contributed by atoms with Gasteiger partial charge in [0.2, 0.25) is 0 Å². The average Bonchev–Trinajstić information content (AvgIpc) is 2.46. The number of hydrogen-bond acceptors (Lipinski definition) is 4. The van der Waals surface area contributed by atoms with Gasteiger partial charge in [0.05, 0.1) is 13.2 Å². The van der Waals surface area contributed by atoms with Crippen molar-refractivity contribution in [3.63, 3.8) is 0 Å². The van der Waals surface area contributed by atoms with E-state index < -0.39 is 22.0 Å². The quantitative estimate of drug-likeness (QED) is 0.256. The highest BCUT2D eigenvalue weighted by atomic mass is 35.5. The van der Waals surface area contributed by atoms with Crippen molar-refractivity contribution in [2.45, 2.75) is 25.7 Å². The number of halogens is 4. The molecule has 0 aliphatic heterocycles. The van der Waals surface area contributed by atoms with Crippen LogP contribution in [0.4, 0.5) is 0 Å². The Bertz CT molecular complexity index is 312. The number of unbranched alkanes of at least 4 members (excludes halogenated alkanes) is 2. The Hall–Kier alpha value is -0.160. The molecule has 0 radical (unpaired) electrons. The number of ether oxygens (including phenoxy) is 2. The van der Waals surface area contributed by atoms with Crippen LogP contribution in [0, 0.1) is 0 Å². The van der Waals surface area contributed by atoms with E-state index in [4.69, 9.17) is 55.9 Å². The number of rotatable bonds is 10. The maximum atomic E-state index is 11.5. The van der Waals surface area contributed by atoms with Crippen LogP contribution in [-0.4, -0.2) is 36.9 Å². The lowest BCUT2D eigenvalue weighted by Gasteiger charge is -2.06. The highest BCUT2D eigenvalue weighted by Crippen LogP contribution is 2.17. The molecule has 0 aromatic rings. The predicted octanol–water partition coefficient (Wildman–Crippen LogP) is 3.80. The molecule has 0 N–H and O–H groups in total. The summed E-state index contributed by atoms with van der Waals surface area (Å²) in [5.74, 6) is -0.750. The van der Waals surface area contributed by atoms with Crippen molar-refractivity contribution >= 4 is 58.3 Å². The summed E-state index contributed by atoms with van der Waals surface area (Å²) in [6.07, 6.45) is 2.65. The largest absolute Gasteiger partial charge is 0.461 e. The second kappa shape index (κ2) is 12.6. The van der Waals surface area contributed by atoms with Crippen molar-refractivity contribution in [2.75, 3.05) is 25.0 Å². The molecule has 0 amide bonds. The minimum absolute atomic E-state index is 0.163. The Morgan fingerprint density at radius 1 is 0.700 bits per heavy atom. The first-order chi connectivity index (χ1) is 9.54. The summed E-state index contributed by atoms with van der Waals surface area (Å²) in [4.78, 5) is 22.9. The van der Waals surface area contributed by atoms with E-state index in [9.17, 15) is 9.59 Å². The Morgan fingerprint density at radius 2 is 1.05 bits per heavy atom. The van der Waals surface area contributed by atoms with Crippen LogP contribution in [0.3, 0.4) is 0 Å². The van der Waals surface area contributed by atoms with Gasteiger partial charge in [0.15, 0.2) is 10.1 Å². The zero-order chi connectivity index (χ0) is 15.4. The van der Waals surface area contributed by atoms with Gasteiger partial charge in [-0.3, -0.25) is 0 Å². The van der Waals surface area contributed by atoms with Crippen molar-refractivity contribution in [1.29, 1.82) is 0 Å². The van der Waals surface area contributed by atoms with Crippen molar-refractivity contribution in [1.82, 2.24) is 0 Å². The first kappa shape index (κ1) is 19.8. The fourth-order valence-electron chi connectivity index (χ4n) is 1.03. The van der Waals surface area contributed by atoms with Crippen molar-refractivity contribution in [3.8, 4) is 0 Å². The van der Waals surface area contributed by atoms with E-state index in [1.54, 1.807) is 0 Å². The van der Waals surface area contributed by atoms with Crippen molar-refractivity contribution in [2.24, 2.45) is 0 Å². The zero-order valence-corrected chi connectivity index (χ0v) is 13.8. The average molecular weight is 366 g/mol. The lowest BCUT2D eigenvalue weighted by atomic mass is 10.3. The highest BCUT2D eigenvalue weighted by molar-refractivity contribution is 6.53. The van der Waals surface area contributed by atoms with E-state index in [0.717, 1.165) is 0 Å². The lowest BCUT2D eigenvalue weighted by molar-refractivity contribution is -0.141. The third-order valence-corrected chi connectivity index (χ3v) is 3.39. The molecular formula is C12H16Cl4O4. The molecule has 0 rings (SSSR count). The fourth-order valence-corrected chi connectivity index (χ4v) is 1.67. The second-order valence-electron chi connectivity index (χ2n) is 3.69. The molecule has 0 saturated heterocycles. The minimum Gasteiger partial charge on any atom is -0.461 e. The Labute approximate surface area is 138 Å². The third-order valence-electron chi connectivity index (χ3n) is 2.07. The number of carbonyl (C=O) groups excluding carboxylic acids is 2. The van der Waals surface area contributed by atoms with E-state index in [-0.39, 0.29) is 13.2 Å². The SMILES string of the molecule is O=C(OCCCCCl)C(Cl)=C(Cl)C(=O)OCCCCCl. The van der Waals surface area contributed by atoms with Crippen molar-refractivity contribution in [3.05, 3.63) is 10.1 Å². The van der Waals surface area contributed by atoms with Crippen LogP contribution in [0.25, 0.3) is 0 Å². The monoisotopic (exact) mass is 364 g/mol. The van der Waals surface area contributed by atoms with Crippen LogP contribution < -0.4 is 0 Å². The van der Waals surface area contributed by atoms with Crippen molar-refractivity contribution < 1.29 is 19.1 Å². The summed E-state index contributed by atoms with van der Waals surface area (Å²) in [6.45, 7) is 0.327. The maximum absolute atomic E-state index is 11.5. The molecule has 20 heavy (non-hydrogen) atoms. The van der Waals surface area contributed by atoms with Crippen LogP contribution >= 0.6 is 46.4 Å². The fraction of sp³-hybridized carbons (Fsp3) is 0.667.